The van der Waals surface area contributed by atoms with Crippen LogP contribution in [-0.4, -0.2) is 19.1 Å². The normalized spacial score (nSPS) is 9.77. The summed E-state index contributed by atoms with van der Waals surface area (Å²) in [4.78, 5) is 14.2. The van der Waals surface area contributed by atoms with E-state index in [9.17, 15) is 4.79 Å². The zero-order valence-electron chi connectivity index (χ0n) is 13.0. The van der Waals surface area contributed by atoms with E-state index in [1.165, 1.54) is 17.0 Å². The van der Waals surface area contributed by atoms with Crippen molar-refractivity contribution in [3.05, 3.63) is 41.3 Å². The van der Waals surface area contributed by atoms with Crippen LogP contribution in [0, 0.1) is 6.92 Å². The molecule has 1 heterocycles. The molecule has 2 amide bonds. The summed E-state index contributed by atoms with van der Waals surface area (Å²) in [5.74, 6) is 0. The van der Waals surface area contributed by atoms with Crippen LogP contribution in [0.15, 0.2) is 35.7 Å². The Hall–Kier alpha value is -1.72. The van der Waals surface area contributed by atoms with E-state index in [4.69, 9.17) is 0 Å². The summed E-state index contributed by atoms with van der Waals surface area (Å²) in [5.41, 5.74) is 3.07. The summed E-state index contributed by atoms with van der Waals surface area (Å²) in [7, 11) is 0. The molecule has 0 bridgehead atoms. The van der Waals surface area contributed by atoms with Crippen molar-refractivity contribution >= 4 is 33.7 Å². The first-order valence-electron chi connectivity index (χ1n) is 7.11. The number of hydrogen-bond donors (Lipinski definition) is 2. The maximum atomic E-state index is 11.9. The van der Waals surface area contributed by atoms with Gasteiger partial charge in [0.2, 0.25) is 0 Å². The van der Waals surface area contributed by atoms with Crippen molar-refractivity contribution in [1.82, 2.24) is 0 Å². The van der Waals surface area contributed by atoms with Gasteiger partial charge in [-0.15, -0.1) is 11.3 Å². The Kier molecular flexibility index (Phi) is 7.21. The summed E-state index contributed by atoms with van der Waals surface area (Å²) in [6.07, 6.45) is 0. The molecule has 0 fully saturated rings. The Morgan fingerprint density at radius 1 is 1.18 bits per heavy atom. The molecule has 0 unspecified atom stereocenters. The van der Waals surface area contributed by atoms with Crippen LogP contribution in [0.1, 0.15) is 19.4 Å². The minimum atomic E-state index is -0.212. The van der Waals surface area contributed by atoms with Crippen LogP contribution in [0.4, 0.5) is 21.2 Å². The molecular formula is C16H21ClN3OS-. The van der Waals surface area contributed by atoms with E-state index < -0.39 is 0 Å². The van der Waals surface area contributed by atoms with Crippen molar-refractivity contribution in [1.29, 1.82) is 0 Å². The Labute approximate surface area is 141 Å². The van der Waals surface area contributed by atoms with Crippen molar-refractivity contribution in [2.24, 2.45) is 0 Å². The second kappa shape index (κ2) is 8.66. The standard InChI is InChI=1S/C16H21N3OS.ClH/c1-4-19(5-2)13-8-9-14(12(3)11-13)17-16(20)18-15-7-6-10-21-15;/h6-11H,4-5H2,1-3H3,(H2,17,18,20);1H/p-1. The highest BCUT2D eigenvalue weighted by Gasteiger charge is 2.08. The summed E-state index contributed by atoms with van der Waals surface area (Å²) >= 11 is 1.50. The van der Waals surface area contributed by atoms with Gasteiger partial charge in [-0.2, -0.15) is 0 Å². The van der Waals surface area contributed by atoms with Crippen LogP contribution in [0.25, 0.3) is 0 Å². The Bertz CT molecular complexity index is 597. The second-order valence-corrected chi connectivity index (χ2v) is 5.68. The lowest BCUT2D eigenvalue weighted by molar-refractivity contribution is -0.00000721. The second-order valence-electron chi connectivity index (χ2n) is 4.73. The van der Waals surface area contributed by atoms with Gasteiger partial charge >= 0.3 is 6.03 Å². The van der Waals surface area contributed by atoms with Crippen LogP contribution in [0.2, 0.25) is 0 Å². The fourth-order valence-electron chi connectivity index (χ4n) is 2.19. The van der Waals surface area contributed by atoms with Gasteiger partial charge < -0.3 is 22.6 Å². The zero-order valence-corrected chi connectivity index (χ0v) is 14.6. The highest BCUT2D eigenvalue weighted by Crippen LogP contribution is 2.23. The number of nitrogens with one attached hydrogen (secondary N) is 2. The average molecular weight is 339 g/mol. The molecule has 2 N–H and O–H groups in total. The number of aryl methyl sites for hydroxylation is 1. The number of carbonyl (C=O) groups excluding carboxylic acids is 1. The van der Waals surface area contributed by atoms with E-state index in [1.54, 1.807) is 0 Å². The van der Waals surface area contributed by atoms with Crippen LogP contribution in [0.3, 0.4) is 0 Å². The number of nitrogens with zero attached hydrogens (tertiary/aromatic N) is 1. The fraction of sp³-hybridized carbons (Fsp3) is 0.312. The van der Waals surface area contributed by atoms with E-state index in [0.29, 0.717) is 0 Å². The molecule has 0 atom stereocenters. The first kappa shape index (κ1) is 18.3. The molecule has 0 saturated carbocycles. The third-order valence-corrected chi connectivity index (χ3v) is 4.13. The van der Waals surface area contributed by atoms with Crippen LogP contribution < -0.4 is 27.9 Å². The van der Waals surface area contributed by atoms with E-state index >= 15 is 0 Å². The first-order valence-corrected chi connectivity index (χ1v) is 7.99. The summed E-state index contributed by atoms with van der Waals surface area (Å²) in [6, 6.07) is 9.67. The summed E-state index contributed by atoms with van der Waals surface area (Å²) in [6.45, 7) is 8.23. The highest BCUT2D eigenvalue weighted by atomic mass is 35.5. The van der Waals surface area contributed by atoms with Gasteiger partial charge in [-0.3, -0.25) is 5.32 Å². The number of amides is 2. The third kappa shape index (κ3) is 4.64. The van der Waals surface area contributed by atoms with E-state index in [0.717, 1.165) is 29.3 Å². The number of thiophene rings is 1. The van der Waals surface area contributed by atoms with E-state index in [1.807, 2.05) is 36.6 Å². The summed E-state index contributed by atoms with van der Waals surface area (Å²) in [5, 5.41) is 8.47. The van der Waals surface area contributed by atoms with Crippen LogP contribution in [0.5, 0.6) is 0 Å². The average Bonchev–Trinajstić information content (AvgIpc) is 2.96. The van der Waals surface area contributed by atoms with Crippen molar-refractivity contribution in [2.45, 2.75) is 20.8 Å². The third-order valence-electron chi connectivity index (χ3n) is 3.34. The predicted molar refractivity (Wildman–Crippen MR) is 91.7 cm³/mol. The molecule has 0 spiro atoms. The molecule has 22 heavy (non-hydrogen) atoms. The monoisotopic (exact) mass is 338 g/mol. The molecule has 0 aliphatic carbocycles. The van der Waals surface area contributed by atoms with Gasteiger partial charge in [-0.25, -0.2) is 4.79 Å². The molecule has 0 radical (unpaired) electrons. The molecule has 0 aliphatic heterocycles. The molecule has 120 valence electrons. The minimum Gasteiger partial charge on any atom is -1.00 e. The van der Waals surface area contributed by atoms with Gasteiger partial charge in [0.15, 0.2) is 0 Å². The van der Waals surface area contributed by atoms with Gasteiger partial charge in [0.25, 0.3) is 0 Å². The molecular weight excluding hydrogens is 318 g/mol. The number of benzene rings is 1. The van der Waals surface area contributed by atoms with Gasteiger partial charge in [-0.1, -0.05) is 0 Å². The van der Waals surface area contributed by atoms with Crippen LogP contribution >= 0.6 is 11.3 Å². The number of rotatable bonds is 5. The molecule has 1 aromatic carbocycles. The van der Waals surface area contributed by atoms with E-state index in [-0.39, 0.29) is 18.4 Å². The molecule has 2 rings (SSSR count). The Morgan fingerprint density at radius 2 is 1.91 bits per heavy atom. The van der Waals surface area contributed by atoms with Crippen LogP contribution in [-0.2, 0) is 0 Å². The van der Waals surface area contributed by atoms with Crippen molar-refractivity contribution in [3.8, 4) is 0 Å². The maximum Gasteiger partial charge on any atom is 0.324 e. The molecule has 1 aromatic heterocycles. The van der Waals surface area contributed by atoms with Crippen molar-refractivity contribution in [2.75, 3.05) is 28.6 Å². The topological polar surface area (TPSA) is 44.4 Å². The lowest BCUT2D eigenvalue weighted by atomic mass is 10.1. The maximum absolute atomic E-state index is 11.9. The minimum absolute atomic E-state index is 0. The van der Waals surface area contributed by atoms with Crippen molar-refractivity contribution < 1.29 is 17.2 Å². The number of anilines is 3. The molecule has 6 heteroatoms. The highest BCUT2D eigenvalue weighted by molar-refractivity contribution is 7.14. The Morgan fingerprint density at radius 3 is 2.45 bits per heavy atom. The zero-order chi connectivity index (χ0) is 15.2. The van der Waals surface area contributed by atoms with Gasteiger partial charge in [0.05, 0.1) is 5.00 Å². The van der Waals surface area contributed by atoms with Gasteiger partial charge in [-0.05, 0) is 62.0 Å². The number of halogens is 1. The number of urea groups is 1. The molecule has 4 nitrogen and oxygen atoms in total. The first-order chi connectivity index (χ1) is 10.1. The number of hydrogen-bond acceptors (Lipinski definition) is 3. The van der Waals surface area contributed by atoms with Crippen molar-refractivity contribution in [3.63, 3.8) is 0 Å². The molecule has 0 saturated heterocycles. The number of carbonyl (C=O) groups is 1. The molecule has 2 aromatic rings. The van der Waals surface area contributed by atoms with Gasteiger partial charge in [0.1, 0.15) is 0 Å². The fourth-order valence-corrected chi connectivity index (χ4v) is 2.80. The van der Waals surface area contributed by atoms with Gasteiger partial charge in [0, 0.05) is 24.5 Å². The smallest absolute Gasteiger partial charge is 0.324 e. The SMILES string of the molecule is CCN(CC)c1ccc(NC(=O)Nc2cccs2)c(C)c1.[Cl-]. The molecule has 0 aliphatic rings. The largest absolute Gasteiger partial charge is 1.00 e. The van der Waals surface area contributed by atoms with E-state index in [2.05, 4.69) is 35.4 Å². The quantitative estimate of drug-likeness (QED) is 0.869. The summed E-state index contributed by atoms with van der Waals surface area (Å²) < 4.78 is 0. The lowest BCUT2D eigenvalue weighted by Crippen LogP contribution is -3.00. The predicted octanol–water partition coefficient (Wildman–Crippen LogP) is 1.55. The lowest BCUT2D eigenvalue weighted by Gasteiger charge is -2.22. The Balaban J connectivity index is 0.00000242.